The highest BCUT2D eigenvalue weighted by molar-refractivity contribution is 5.98. The zero-order valence-electron chi connectivity index (χ0n) is 21.5. The van der Waals surface area contributed by atoms with Crippen molar-refractivity contribution in [1.29, 1.82) is 0 Å². The molecule has 1 aliphatic carbocycles. The summed E-state index contributed by atoms with van der Waals surface area (Å²) < 4.78 is 11.4. The Morgan fingerprint density at radius 1 is 1.12 bits per heavy atom. The number of carbonyl (C=O) groups excluding carboxylic acids is 2. The van der Waals surface area contributed by atoms with Gasteiger partial charge in [-0.2, -0.15) is 4.52 Å². The largest absolute Gasteiger partial charge is 0.441 e. The third kappa shape index (κ3) is 4.50. The summed E-state index contributed by atoms with van der Waals surface area (Å²) in [6.45, 7) is 2.00. The highest BCUT2D eigenvalue weighted by Gasteiger charge is 2.27. The van der Waals surface area contributed by atoms with Gasteiger partial charge in [0.25, 0.3) is 11.8 Å². The zero-order chi connectivity index (χ0) is 28.1. The van der Waals surface area contributed by atoms with Gasteiger partial charge in [0.05, 0.1) is 12.2 Å². The molecule has 0 bridgehead atoms. The van der Waals surface area contributed by atoms with E-state index in [9.17, 15) is 14.4 Å². The maximum Gasteiger partial charge on any atom is 0.439 e. The number of aryl methyl sites for hydroxylation is 2. The number of aromatic amines is 1. The van der Waals surface area contributed by atoms with Gasteiger partial charge in [-0.15, -0.1) is 5.10 Å². The Balaban J connectivity index is 1.10. The number of rotatable bonds is 6. The minimum atomic E-state index is -0.626. The molecule has 0 spiro atoms. The fourth-order valence-corrected chi connectivity index (χ4v) is 5.07. The Morgan fingerprint density at radius 2 is 2.02 bits per heavy atom. The number of fused-ring (bicyclic) bond motifs is 3. The number of carbonyl (C=O) groups is 2. The molecule has 2 aromatic carbocycles. The number of nitrogens with one attached hydrogen (secondary N) is 3. The van der Waals surface area contributed by atoms with Crippen LogP contribution in [0.1, 0.15) is 56.0 Å². The molecule has 0 saturated heterocycles. The van der Waals surface area contributed by atoms with Crippen molar-refractivity contribution >= 4 is 28.6 Å². The standard InChI is InChI=1S/C27H21N9O5/c1-13-30-19-8-14(2-7-22(19)40-13)11-28-25(37)20-10-21(36-23(31-20)12-29-35-36)26(38)32-18-6-4-15-9-16(3-5-17(15)18)24-33-27(39)41-34-24/h2-3,5,7-10,12,18H,4,6,11H2,1H3,(H,28,37)(H,32,38)(H,33,34,39)/t18-/m0/s1. The summed E-state index contributed by atoms with van der Waals surface area (Å²) >= 11 is 0. The average molecular weight is 552 g/mol. The van der Waals surface area contributed by atoms with E-state index in [0.29, 0.717) is 34.8 Å². The predicted molar refractivity (Wildman–Crippen MR) is 142 cm³/mol. The number of nitrogens with zero attached hydrogens (tertiary/aromatic N) is 6. The van der Waals surface area contributed by atoms with Crippen LogP contribution in [0.3, 0.4) is 0 Å². The Labute approximate surface area is 229 Å². The smallest absolute Gasteiger partial charge is 0.439 e. The lowest BCUT2D eigenvalue weighted by molar-refractivity contribution is 0.0928. The van der Waals surface area contributed by atoms with Crippen LogP contribution >= 0.6 is 0 Å². The predicted octanol–water partition coefficient (Wildman–Crippen LogP) is 2.26. The minimum Gasteiger partial charge on any atom is -0.441 e. The van der Waals surface area contributed by atoms with E-state index in [1.807, 2.05) is 30.3 Å². The lowest BCUT2D eigenvalue weighted by Gasteiger charge is -2.15. The molecule has 0 fully saturated rings. The first kappa shape index (κ1) is 24.4. The maximum absolute atomic E-state index is 13.5. The molecule has 41 heavy (non-hydrogen) atoms. The van der Waals surface area contributed by atoms with Crippen LogP contribution in [-0.2, 0) is 13.0 Å². The molecule has 14 heteroatoms. The Bertz CT molecular complexity index is 2040. The Kier molecular flexibility index (Phi) is 5.66. The molecule has 0 saturated carbocycles. The fourth-order valence-electron chi connectivity index (χ4n) is 5.07. The molecule has 4 heterocycles. The highest BCUT2D eigenvalue weighted by Crippen LogP contribution is 2.33. The molecule has 0 radical (unpaired) electrons. The quantitative estimate of drug-likeness (QED) is 0.277. The van der Waals surface area contributed by atoms with E-state index in [-0.39, 0.29) is 29.6 Å². The molecular formula is C27H21N9O5. The van der Waals surface area contributed by atoms with Crippen molar-refractivity contribution in [1.82, 2.24) is 45.6 Å². The first-order valence-electron chi connectivity index (χ1n) is 12.8. The van der Waals surface area contributed by atoms with E-state index >= 15 is 0 Å². The average Bonchev–Trinajstić information content (AvgIpc) is 3.77. The van der Waals surface area contributed by atoms with Crippen LogP contribution in [0.25, 0.3) is 28.1 Å². The molecule has 6 aromatic rings. The summed E-state index contributed by atoms with van der Waals surface area (Å²) in [4.78, 5) is 49.0. The Morgan fingerprint density at radius 3 is 2.88 bits per heavy atom. The molecule has 1 aliphatic rings. The van der Waals surface area contributed by atoms with Gasteiger partial charge < -0.3 is 15.1 Å². The number of hydrogen-bond donors (Lipinski definition) is 3. The van der Waals surface area contributed by atoms with Crippen molar-refractivity contribution in [3.05, 3.63) is 93.2 Å². The molecule has 2 amide bonds. The molecule has 0 aliphatic heterocycles. The fraction of sp³-hybridized carbons (Fsp3) is 0.185. The van der Waals surface area contributed by atoms with Crippen LogP contribution < -0.4 is 16.4 Å². The van der Waals surface area contributed by atoms with Crippen LogP contribution in [-0.4, -0.2) is 46.8 Å². The second-order valence-corrected chi connectivity index (χ2v) is 9.67. The Hall–Kier alpha value is -5.66. The van der Waals surface area contributed by atoms with E-state index in [2.05, 4.69) is 45.6 Å². The maximum atomic E-state index is 13.5. The molecular weight excluding hydrogens is 530 g/mol. The summed E-state index contributed by atoms with van der Waals surface area (Å²) in [7, 11) is 0. The summed E-state index contributed by atoms with van der Waals surface area (Å²) in [6, 6.07) is 12.2. The second kappa shape index (κ2) is 9.51. The molecule has 4 aromatic heterocycles. The number of amides is 2. The monoisotopic (exact) mass is 551 g/mol. The van der Waals surface area contributed by atoms with Gasteiger partial charge in [0.2, 0.25) is 0 Å². The third-order valence-electron chi connectivity index (χ3n) is 6.98. The number of hydrogen-bond acceptors (Lipinski definition) is 10. The topological polar surface area (TPSA) is 186 Å². The number of H-pyrrole nitrogens is 1. The van der Waals surface area contributed by atoms with Crippen molar-refractivity contribution in [3.63, 3.8) is 0 Å². The molecule has 204 valence electrons. The van der Waals surface area contributed by atoms with E-state index in [1.165, 1.54) is 16.8 Å². The normalized spacial score (nSPS) is 14.4. The highest BCUT2D eigenvalue weighted by atomic mass is 16.5. The number of benzene rings is 2. The zero-order valence-corrected chi connectivity index (χ0v) is 21.5. The summed E-state index contributed by atoms with van der Waals surface area (Å²) in [5.41, 5.74) is 5.35. The van der Waals surface area contributed by atoms with Crippen LogP contribution in [0.4, 0.5) is 0 Å². The van der Waals surface area contributed by atoms with Gasteiger partial charge in [0.1, 0.15) is 16.9 Å². The number of oxazole rings is 1. The summed E-state index contributed by atoms with van der Waals surface area (Å²) in [5.74, 6) is -0.599. The van der Waals surface area contributed by atoms with E-state index in [1.54, 1.807) is 13.0 Å². The van der Waals surface area contributed by atoms with Crippen molar-refractivity contribution in [2.24, 2.45) is 0 Å². The van der Waals surface area contributed by atoms with Gasteiger partial charge in [0, 0.05) is 25.1 Å². The van der Waals surface area contributed by atoms with Gasteiger partial charge in [-0.05, 0) is 47.7 Å². The van der Waals surface area contributed by atoms with Crippen LogP contribution in [0.15, 0.2) is 62.4 Å². The molecule has 14 nitrogen and oxygen atoms in total. The van der Waals surface area contributed by atoms with Gasteiger partial charge in [0.15, 0.2) is 22.9 Å². The molecule has 3 N–H and O–H groups in total. The van der Waals surface area contributed by atoms with Gasteiger partial charge in [-0.1, -0.05) is 28.6 Å². The van der Waals surface area contributed by atoms with Crippen molar-refractivity contribution in [2.75, 3.05) is 0 Å². The lowest BCUT2D eigenvalue weighted by Crippen LogP contribution is -2.30. The first-order valence-corrected chi connectivity index (χ1v) is 12.8. The molecule has 1 atom stereocenters. The van der Waals surface area contributed by atoms with Gasteiger partial charge in [-0.25, -0.2) is 14.8 Å². The summed E-state index contributed by atoms with van der Waals surface area (Å²) in [5, 5.41) is 17.5. The van der Waals surface area contributed by atoms with E-state index < -0.39 is 17.6 Å². The summed E-state index contributed by atoms with van der Waals surface area (Å²) in [6.07, 6.45) is 2.78. The van der Waals surface area contributed by atoms with Crippen LogP contribution in [0.5, 0.6) is 0 Å². The number of aromatic nitrogens is 7. The van der Waals surface area contributed by atoms with Crippen LogP contribution in [0.2, 0.25) is 0 Å². The van der Waals surface area contributed by atoms with Gasteiger partial charge in [-0.3, -0.25) is 19.1 Å². The van der Waals surface area contributed by atoms with Crippen LogP contribution in [0, 0.1) is 6.92 Å². The third-order valence-corrected chi connectivity index (χ3v) is 6.98. The SMILES string of the molecule is Cc1nc2cc(CNC(=O)c3cc(C(=O)N[C@H]4CCc5cc(-c6noc(=O)[nH]6)ccc54)n4nncc4n3)ccc2o1. The lowest BCUT2D eigenvalue weighted by atomic mass is 10.0. The second-order valence-electron chi connectivity index (χ2n) is 9.67. The van der Waals surface area contributed by atoms with Crippen molar-refractivity contribution in [2.45, 2.75) is 32.4 Å². The first-order chi connectivity index (χ1) is 19.9. The van der Waals surface area contributed by atoms with Crippen molar-refractivity contribution < 1.29 is 18.5 Å². The molecule has 7 rings (SSSR count). The van der Waals surface area contributed by atoms with Gasteiger partial charge >= 0.3 is 5.76 Å². The minimum absolute atomic E-state index is 0.0568. The van der Waals surface area contributed by atoms with Crippen molar-refractivity contribution in [3.8, 4) is 11.4 Å². The van der Waals surface area contributed by atoms with E-state index in [4.69, 9.17) is 4.42 Å². The molecule has 0 unspecified atom stereocenters. The van der Waals surface area contributed by atoms with E-state index in [0.717, 1.165) is 23.1 Å².